The Morgan fingerprint density at radius 1 is 1.03 bits per heavy atom. The topological polar surface area (TPSA) is 78.1 Å². The van der Waals surface area contributed by atoms with Crippen molar-refractivity contribution in [2.24, 2.45) is 0 Å². The van der Waals surface area contributed by atoms with Gasteiger partial charge in [-0.1, -0.05) is 48.5 Å². The van der Waals surface area contributed by atoms with Crippen LogP contribution in [0, 0.1) is 0 Å². The fraction of sp³-hybridized carbons (Fsp3) is 0.261. The van der Waals surface area contributed by atoms with Gasteiger partial charge in [-0.05, 0) is 42.0 Å². The number of urea groups is 1. The van der Waals surface area contributed by atoms with Gasteiger partial charge in [0, 0.05) is 24.5 Å². The predicted molar refractivity (Wildman–Crippen MR) is 112 cm³/mol. The summed E-state index contributed by atoms with van der Waals surface area (Å²) in [6, 6.07) is 15.8. The third-order valence-electron chi connectivity index (χ3n) is 5.87. The van der Waals surface area contributed by atoms with E-state index in [0.717, 1.165) is 35.9 Å². The molecule has 146 valence electrons. The molecule has 1 aromatic heterocycles. The molecule has 0 spiro atoms. The molecule has 2 amide bonds. The van der Waals surface area contributed by atoms with Gasteiger partial charge in [-0.15, -0.1) is 0 Å². The minimum atomic E-state index is -0.169. The summed E-state index contributed by atoms with van der Waals surface area (Å²) >= 11 is 0. The van der Waals surface area contributed by atoms with Crippen molar-refractivity contribution in [3.05, 3.63) is 81.8 Å². The number of hydrogen-bond donors (Lipinski definition) is 2. The van der Waals surface area contributed by atoms with Crippen LogP contribution in [-0.2, 0) is 13.1 Å². The van der Waals surface area contributed by atoms with Crippen LogP contribution in [0.3, 0.4) is 0 Å². The number of aromatic amines is 1. The molecule has 0 radical (unpaired) electrons. The number of fused-ring (bicyclic) bond motifs is 2. The van der Waals surface area contributed by atoms with E-state index in [1.807, 2.05) is 41.3 Å². The first-order chi connectivity index (χ1) is 14.2. The zero-order valence-electron chi connectivity index (χ0n) is 16.0. The molecule has 0 bridgehead atoms. The Balaban J connectivity index is 1.28. The van der Waals surface area contributed by atoms with E-state index in [1.54, 1.807) is 0 Å². The maximum absolute atomic E-state index is 12.7. The number of amides is 2. The fourth-order valence-corrected chi connectivity index (χ4v) is 4.28. The average Bonchev–Trinajstić information content (AvgIpc) is 3.20. The minimum Gasteiger partial charge on any atom is -0.335 e. The minimum absolute atomic E-state index is 0.00401. The molecule has 1 aliphatic heterocycles. The van der Waals surface area contributed by atoms with E-state index in [4.69, 9.17) is 0 Å². The second-order valence-electron chi connectivity index (χ2n) is 7.72. The van der Waals surface area contributed by atoms with Crippen LogP contribution in [0.4, 0.5) is 4.79 Å². The Hall–Kier alpha value is -3.41. The molecule has 2 aliphatic rings. The van der Waals surface area contributed by atoms with Crippen LogP contribution < -0.4 is 10.9 Å². The van der Waals surface area contributed by atoms with E-state index >= 15 is 0 Å². The first-order valence-corrected chi connectivity index (χ1v) is 9.98. The van der Waals surface area contributed by atoms with E-state index in [-0.39, 0.29) is 17.6 Å². The second-order valence-corrected chi connectivity index (χ2v) is 7.72. The summed E-state index contributed by atoms with van der Waals surface area (Å²) in [5.41, 5.74) is 4.24. The Kier molecular flexibility index (Phi) is 4.39. The molecule has 0 saturated carbocycles. The van der Waals surface area contributed by atoms with Crippen LogP contribution in [-0.4, -0.2) is 27.2 Å². The van der Waals surface area contributed by atoms with Crippen molar-refractivity contribution in [2.75, 3.05) is 0 Å². The number of allylic oxidation sites excluding steroid dienone is 1. The maximum Gasteiger partial charge on any atom is 0.318 e. The van der Waals surface area contributed by atoms with Crippen molar-refractivity contribution in [3.8, 4) is 0 Å². The molecule has 6 nitrogen and oxygen atoms in total. The van der Waals surface area contributed by atoms with Gasteiger partial charge in [0.2, 0.25) is 0 Å². The molecule has 5 rings (SSSR count). The van der Waals surface area contributed by atoms with Crippen molar-refractivity contribution in [3.63, 3.8) is 0 Å². The van der Waals surface area contributed by atoms with E-state index in [2.05, 4.69) is 33.7 Å². The van der Waals surface area contributed by atoms with Crippen LogP contribution in [0.25, 0.3) is 16.3 Å². The molecule has 2 aromatic carbocycles. The summed E-state index contributed by atoms with van der Waals surface area (Å²) < 4.78 is 0. The van der Waals surface area contributed by atoms with E-state index in [1.165, 1.54) is 11.1 Å². The molecular weight excluding hydrogens is 364 g/mol. The van der Waals surface area contributed by atoms with Crippen molar-refractivity contribution in [1.29, 1.82) is 0 Å². The number of nitrogens with one attached hydrogen (secondary N) is 2. The number of benzene rings is 2. The first kappa shape index (κ1) is 17.7. The van der Waals surface area contributed by atoms with Gasteiger partial charge in [0.1, 0.15) is 0 Å². The van der Waals surface area contributed by atoms with Gasteiger partial charge in [-0.25, -0.2) is 9.89 Å². The Labute approximate surface area is 168 Å². The van der Waals surface area contributed by atoms with Crippen LogP contribution in [0.5, 0.6) is 0 Å². The lowest BCUT2D eigenvalue weighted by atomic mass is 9.91. The highest BCUT2D eigenvalue weighted by molar-refractivity contribution is 5.91. The zero-order valence-corrected chi connectivity index (χ0v) is 16.0. The first-order valence-electron chi connectivity index (χ1n) is 9.98. The molecule has 1 atom stereocenters. The lowest BCUT2D eigenvalue weighted by Gasteiger charge is -2.26. The van der Waals surface area contributed by atoms with Gasteiger partial charge < -0.3 is 10.2 Å². The number of aromatic nitrogens is 2. The normalized spacial score (nSPS) is 18.4. The van der Waals surface area contributed by atoms with Crippen molar-refractivity contribution < 1.29 is 4.79 Å². The van der Waals surface area contributed by atoms with Crippen molar-refractivity contribution >= 4 is 22.4 Å². The van der Waals surface area contributed by atoms with Crippen LogP contribution in [0.15, 0.2) is 59.4 Å². The van der Waals surface area contributed by atoms with Crippen LogP contribution in [0.2, 0.25) is 0 Å². The Bertz CT molecular complexity index is 1160. The smallest absolute Gasteiger partial charge is 0.318 e. The monoisotopic (exact) mass is 386 g/mol. The Morgan fingerprint density at radius 3 is 2.41 bits per heavy atom. The van der Waals surface area contributed by atoms with Gasteiger partial charge >= 0.3 is 6.03 Å². The summed E-state index contributed by atoms with van der Waals surface area (Å²) in [6.45, 7) is 1.34. The van der Waals surface area contributed by atoms with E-state index in [0.29, 0.717) is 18.5 Å². The highest BCUT2D eigenvalue weighted by atomic mass is 16.2. The lowest BCUT2D eigenvalue weighted by Crippen LogP contribution is -2.43. The SMILES string of the molecule is O=C(NC1CC=C(c2n[nH]c(=O)c3ccccc23)CC1)N1Cc2ccccc2C1. The summed E-state index contributed by atoms with van der Waals surface area (Å²) in [7, 11) is 0. The van der Waals surface area contributed by atoms with Gasteiger partial charge in [0.05, 0.1) is 11.1 Å². The standard InChI is InChI=1S/C23H22N4O2/c28-22-20-8-4-3-7-19(20)21(25-26-22)15-9-11-18(12-10-15)24-23(29)27-13-16-5-1-2-6-17(16)14-27/h1-9,18H,10-14H2,(H,24,29)(H,26,28). The van der Waals surface area contributed by atoms with Crippen molar-refractivity contribution in [2.45, 2.75) is 38.4 Å². The molecule has 0 fully saturated rings. The fourth-order valence-electron chi connectivity index (χ4n) is 4.28. The summed E-state index contributed by atoms with van der Waals surface area (Å²) in [6.07, 6.45) is 4.57. The average molecular weight is 386 g/mol. The molecule has 2 N–H and O–H groups in total. The van der Waals surface area contributed by atoms with Gasteiger partial charge in [0.25, 0.3) is 5.56 Å². The maximum atomic E-state index is 12.7. The molecular formula is C23H22N4O2. The van der Waals surface area contributed by atoms with E-state index in [9.17, 15) is 9.59 Å². The summed E-state index contributed by atoms with van der Waals surface area (Å²) in [5.74, 6) is 0. The predicted octanol–water partition coefficient (Wildman–Crippen LogP) is 3.58. The molecule has 1 unspecified atom stereocenters. The molecule has 0 saturated heterocycles. The highest BCUT2D eigenvalue weighted by Crippen LogP contribution is 2.29. The Morgan fingerprint density at radius 2 is 1.72 bits per heavy atom. The number of rotatable bonds is 2. The molecule has 3 aromatic rings. The molecule has 2 heterocycles. The summed E-state index contributed by atoms with van der Waals surface area (Å²) in [5, 5.41) is 11.6. The third-order valence-corrected chi connectivity index (χ3v) is 5.87. The number of nitrogens with zero attached hydrogens (tertiary/aromatic N) is 2. The number of carbonyl (C=O) groups is 1. The van der Waals surface area contributed by atoms with Crippen LogP contribution >= 0.6 is 0 Å². The van der Waals surface area contributed by atoms with Gasteiger partial charge in [0.15, 0.2) is 0 Å². The van der Waals surface area contributed by atoms with E-state index < -0.39 is 0 Å². The van der Waals surface area contributed by atoms with Gasteiger partial charge in [-0.2, -0.15) is 5.10 Å². The quantitative estimate of drug-likeness (QED) is 0.707. The molecule has 1 aliphatic carbocycles. The zero-order chi connectivity index (χ0) is 19.8. The molecule has 29 heavy (non-hydrogen) atoms. The third kappa shape index (κ3) is 3.31. The summed E-state index contributed by atoms with van der Waals surface area (Å²) in [4.78, 5) is 26.6. The molecule has 6 heteroatoms. The number of carbonyl (C=O) groups excluding carboxylic acids is 1. The number of hydrogen-bond acceptors (Lipinski definition) is 3. The van der Waals surface area contributed by atoms with Crippen molar-refractivity contribution in [1.82, 2.24) is 20.4 Å². The van der Waals surface area contributed by atoms with Gasteiger partial charge in [-0.3, -0.25) is 4.79 Å². The lowest BCUT2D eigenvalue weighted by molar-refractivity contribution is 0.193. The largest absolute Gasteiger partial charge is 0.335 e. The second kappa shape index (κ2) is 7.20. The number of H-pyrrole nitrogens is 1. The van der Waals surface area contributed by atoms with Crippen LogP contribution in [0.1, 0.15) is 36.1 Å². The highest BCUT2D eigenvalue weighted by Gasteiger charge is 2.26.